The van der Waals surface area contributed by atoms with Crippen molar-refractivity contribution < 1.29 is 9.53 Å². The van der Waals surface area contributed by atoms with Gasteiger partial charge in [0, 0.05) is 30.4 Å². The Labute approximate surface area is 116 Å². The van der Waals surface area contributed by atoms with E-state index in [9.17, 15) is 4.79 Å². The maximum Gasteiger partial charge on any atom is 0.271 e. The normalized spacial score (nSPS) is 11.4. The largest absolute Gasteiger partial charge is 0.379 e. The van der Waals surface area contributed by atoms with Gasteiger partial charge >= 0.3 is 0 Å². The van der Waals surface area contributed by atoms with E-state index in [-0.39, 0.29) is 12.0 Å². The molecule has 0 aromatic carbocycles. The lowest BCUT2D eigenvalue weighted by atomic mass is 10.4. The lowest BCUT2D eigenvalue weighted by Gasteiger charge is -2.07. The van der Waals surface area contributed by atoms with Crippen LogP contribution in [0.15, 0.2) is 12.4 Å². The summed E-state index contributed by atoms with van der Waals surface area (Å²) in [5.74, 6) is -0.127. The van der Waals surface area contributed by atoms with Gasteiger partial charge in [0.05, 0.1) is 6.10 Å². The first-order valence-electron chi connectivity index (χ1n) is 6.41. The maximum absolute atomic E-state index is 11.9. The molecule has 2 rings (SSSR count). The van der Waals surface area contributed by atoms with Crippen molar-refractivity contribution in [3.8, 4) is 0 Å². The summed E-state index contributed by atoms with van der Waals surface area (Å²) in [6.45, 7) is 7.29. The number of nitrogens with one attached hydrogen (secondary N) is 1. The van der Waals surface area contributed by atoms with Gasteiger partial charge in [-0.15, -0.1) is 11.3 Å². The Balaban J connectivity index is 1.81. The Hall–Kier alpha value is -1.40. The Bertz CT molecular complexity index is 528. The molecule has 0 aliphatic rings. The summed E-state index contributed by atoms with van der Waals surface area (Å²) in [7, 11) is 0. The van der Waals surface area contributed by atoms with Gasteiger partial charge in [0.2, 0.25) is 0 Å². The molecule has 6 heteroatoms. The predicted molar refractivity (Wildman–Crippen MR) is 75.8 cm³/mol. The molecule has 0 aliphatic heterocycles. The number of imidazole rings is 1. The van der Waals surface area contributed by atoms with Crippen molar-refractivity contribution in [1.82, 2.24) is 14.7 Å². The number of hydrogen-bond donors (Lipinski definition) is 1. The smallest absolute Gasteiger partial charge is 0.271 e. The Morgan fingerprint density at radius 1 is 1.53 bits per heavy atom. The van der Waals surface area contributed by atoms with E-state index in [2.05, 4.69) is 10.3 Å². The van der Waals surface area contributed by atoms with Crippen LogP contribution in [0.1, 0.15) is 35.6 Å². The van der Waals surface area contributed by atoms with Crippen LogP contribution in [0.4, 0.5) is 0 Å². The van der Waals surface area contributed by atoms with Gasteiger partial charge in [-0.2, -0.15) is 0 Å². The van der Waals surface area contributed by atoms with Crippen LogP contribution in [-0.4, -0.2) is 34.5 Å². The summed E-state index contributed by atoms with van der Waals surface area (Å²) in [6, 6.07) is 0. The van der Waals surface area contributed by atoms with E-state index in [1.165, 1.54) is 4.88 Å². The Morgan fingerprint density at radius 2 is 2.32 bits per heavy atom. The number of fused-ring (bicyclic) bond motifs is 1. The molecule has 104 valence electrons. The molecule has 1 N–H and O–H groups in total. The van der Waals surface area contributed by atoms with Crippen molar-refractivity contribution >= 4 is 22.2 Å². The fourth-order valence-electron chi connectivity index (χ4n) is 1.70. The lowest BCUT2D eigenvalue weighted by Crippen LogP contribution is -2.25. The van der Waals surface area contributed by atoms with Crippen LogP contribution in [0.3, 0.4) is 0 Å². The van der Waals surface area contributed by atoms with Crippen molar-refractivity contribution in [1.29, 1.82) is 0 Å². The average molecular weight is 281 g/mol. The summed E-state index contributed by atoms with van der Waals surface area (Å²) in [5, 5.41) is 2.85. The molecule has 19 heavy (non-hydrogen) atoms. The van der Waals surface area contributed by atoms with Gasteiger partial charge in [-0.3, -0.25) is 9.20 Å². The molecule has 0 saturated carbocycles. The lowest BCUT2D eigenvalue weighted by molar-refractivity contribution is 0.0756. The standard InChI is InChI=1S/C13H19N3O2S/c1-9(2)18-6-4-5-14-12(17)11-8-16-7-10(3)19-13(16)15-11/h7-9H,4-6H2,1-3H3,(H,14,17). The highest BCUT2D eigenvalue weighted by molar-refractivity contribution is 7.17. The van der Waals surface area contributed by atoms with E-state index in [1.807, 2.05) is 31.4 Å². The minimum absolute atomic E-state index is 0.127. The van der Waals surface area contributed by atoms with Gasteiger partial charge in [-0.1, -0.05) is 0 Å². The van der Waals surface area contributed by atoms with E-state index in [0.29, 0.717) is 18.8 Å². The number of nitrogens with zero attached hydrogens (tertiary/aromatic N) is 2. The molecular weight excluding hydrogens is 262 g/mol. The van der Waals surface area contributed by atoms with Gasteiger partial charge in [0.25, 0.3) is 5.91 Å². The zero-order valence-corrected chi connectivity index (χ0v) is 12.3. The Kier molecular flexibility index (Phi) is 4.55. The molecular formula is C13H19N3O2S. The molecule has 0 unspecified atom stereocenters. The van der Waals surface area contributed by atoms with E-state index in [0.717, 1.165) is 11.4 Å². The second kappa shape index (κ2) is 6.16. The highest BCUT2D eigenvalue weighted by atomic mass is 32.1. The summed E-state index contributed by atoms with van der Waals surface area (Å²) in [4.78, 5) is 18.2. The van der Waals surface area contributed by atoms with Crippen molar-refractivity contribution in [3.63, 3.8) is 0 Å². The monoisotopic (exact) mass is 281 g/mol. The van der Waals surface area contributed by atoms with Gasteiger partial charge in [-0.05, 0) is 27.2 Å². The molecule has 2 aromatic heterocycles. The zero-order valence-electron chi connectivity index (χ0n) is 11.5. The first-order chi connectivity index (χ1) is 9.06. The number of amides is 1. The highest BCUT2D eigenvalue weighted by Crippen LogP contribution is 2.16. The number of thiazole rings is 1. The van der Waals surface area contributed by atoms with Crippen LogP contribution >= 0.6 is 11.3 Å². The number of rotatable bonds is 6. The number of carbonyl (C=O) groups is 1. The van der Waals surface area contributed by atoms with Crippen molar-refractivity contribution in [2.75, 3.05) is 13.2 Å². The maximum atomic E-state index is 11.9. The van der Waals surface area contributed by atoms with Crippen molar-refractivity contribution in [2.24, 2.45) is 0 Å². The first-order valence-corrected chi connectivity index (χ1v) is 7.23. The number of aromatic nitrogens is 2. The number of aryl methyl sites for hydroxylation is 1. The second-order valence-corrected chi connectivity index (χ2v) is 5.90. The Morgan fingerprint density at radius 3 is 3.00 bits per heavy atom. The van der Waals surface area contributed by atoms with E-state index < -0.39 is 0 Å². The average Bonchev–Trinajstić information content (AvgIpc) is 2.84. The van der Waals surface area contributed by atoms with Crippen LogP contribution in [0.2, 0.25) is 0 Å². The summed E-state index contributed by atoms with van der Waals surface area (Å²) in [6.07, 6.45) is 4.78. The molecule has 2 heterocycles. The number of ether oxygens (including phenoxy) is 1. The van der Waals surface area contributed by atoms with Crippen LogP contribution in [-0.2, 0) is 4.74 Å². The fraction of sp³-hybridized carbons (Fsp3) is 0.538. The predicted octanol–water partition coefficient (Wildman–Crippen LogP) is 2.25. The van der Waals surface area contributed by atoms with Gasteiger partial charge < -0.3 is 10.1 Å². The van der Waals surface area contributed by atoms with Crippen LogP contribution in [0, 0.1) is 6.92 Å². The molecule has 0 radical (unpaired) electrons. The highest BCUT2D eigenvalue weighted by Gasteiger charge is 2.11. The third kappa shape index (κ3) is 3.78. The number of carbonyl (C=O) groups excluding carboxylic acids is 1. The SMILES string of the molecule is Cc1cn2cc(C(=O)NCCCOC(C)C)nc2s1. The number of hydrogen-bond acceptors (Lipinski definition) is 4. The second-order valence-electron chi connectivity index (χ2n) is 4.69. The molecule has 1 amide bonds. The van der Waals surface area contributed by atoms with Crippen LogP contribution in [0.25, 0.3) is 4.96 Å². The molecule has 0 aliphatic carbocycles. The quantitative estimate of drug-likeness (QED) is 0.826. The topological polar surface area (TPSA) is 55.6 Å². The van der Waals surface area contributed by atoms with Crippen molar-refractivity contribution in [3.05, 3.63) is 23.0 Å². The minimum atomic E-state index is -0.127. The molecule has 0 atom stereocenters. The summed E-state index contributed by atoms with van der Waals surface area (Å²) < 4.78 is 7.29. The van der Waals surface area contributed by atoms with E-state index in [4.69, 9.17) is 4.74 Å². The molecule has 2 aromatic rings. The van der Waals surface area contributed by atoms with Crippen LogP contribution < -0.4 is 5.32 Å². The third-order valence-electron chi connectivity index (χ3n) is 2.56. The fourth-order valence-corrected chi connectivity index (χ4v) is 2.51. The van der Waals surface area contributed by atoms with Crippen LogP contribution in [0.5, 0.6) is 0 Å². The van der Waals surface area contributed by atoms with Gasteiger partial charge in [-0.25, -0.2) is 4.98 Å². The van der Waals surface area contributed by atoms with E-state index >= 15 is 0 Å². The molecule has 0 spiro atoms. The molecule has 0 fully saturated rings. The molecule has 0 saturated heterocycles. The summed E-state index contributed by atoms with van der Waals surface area (Å²) >= 11 is 1.58. The van der Waals surface area contributed by atoms with E-state index in [1.54, 1.807) is 17.5 Å². The van der Waals surface area contributed by atoms with Crippen molar-refractivity contribution in [2.45, 2.75) is 33.3 Å². The third-order valence-corrected chi connectivity index (χ3v) is 3.47. The minimum Gasteiger partial charge on any atom is -0.379 e. The molecule has 5 nitrogen and oxygen atoms in total. The van der Waals surface area contributed by atoms with Gasteiger partial charge in [0.1, 0.15) is 5.69 Å². The zero-order chi connectivity index (χ0) is 13.8. The van der Waals surface area contributed by atoms with Gasteiger partial charge in [0.15, 0.2) is 4.96 Å². The molecule has 0 bridgehead atoms. The first kappa shape index (κ1) is 14.0. The summed E-state index contributed by atoms with van der Waals surface area (Å²) in [5.41, 5.74) is 0.469.